The molecule has 0 spiro atoms. The second-order valence-electron chi connectivity index (χ2n) is 6.53. The van der Waals surface area contributed by atoms with Gasteiger partial charge in [-0.05, 0) is 46.2 Å². The summed E-state index contributed by atoms with van der Waals surface area (Å²) in [7, 11) is 0. The summed E-state index contributed by atoms with van der Waals surface area (Å²) in [5, 5.41) is 26.2. The lowest BCUT2D eigenvalue weighted by Crippen LogP contribution is -2.32. The minimum atomic E-state index is -0.635. The van der Waals surface area contributed by atoms with Crippen molar-refractivity contribution in [2.24, 2.45) is 16.8 Å². The van der Waals surface area contributed by atoms with Crippen LogP contribution in [0.1, 0.15) is 33.1 Å². The Morgan fingerprint density at radius 3 is 2.84 bits per heavy atom. The number of nitrogens with zero attached hydrogens (tertiary/aromatic N) is 5. The van der Waals surface area contributed by atoms with Crippen LogP contribution in [0.4, 0.5) is 5.82 Å². The summed E-state index contributed by atoms with van der Waals surface area (Å²) in [6.45, 7) is 4.25. The van der Waals surface area contributed by atoms with Gasteiger partial charge in [0.1, 0.15) is 5.69 Å². The van der Waals surface area contributed by atoms with Crippen LogP contribution in [0, 0.1) is 22.0 Å². The van der Waals surface area contributed by atoms with Gasteiger partial charge in [0.05, 0.1) is 11.1 Å². The van der Waals surface area contributed by atoms with Crippen molar-refractivity contribution in [1.82, 2.24) is 14.7 Å². The number of hydrogen-bond acceptors (Lipinski definition) is 5. The fourth-order valence-electron chi connectivity index (χ4n) is 3.24. The van der Waals surface area contributed by atoms with Crippen LogP contribution in [0.15, 0.2) is 29.3 Å². The Kier molecular flexibility index (Phi) is 4.80. The van der Waals surface area contributed by atoms with Crippen LogP contribution in [0.25, 0.3) is 5.69 Å². The van der Waals surface area contributed by atoms with Crippen molar-refractivity contribution in [3.05, 3.63) is 44.9 Å². The highest BCUT2D eigenvalue weighted by Gasteiger charge is 2.30. The molecule has 0 amide bonds. The highest BCUT2D eigenvalue weighted by Crippen LogP contribution is 2.31. The van der Waals surface area contributed by atoms with Crippen molar-refractivity contribution in [3.8, 4) is 5.69 Å². The van der Waals surface area contributed by atoms with Crippen molar-refractivity contribution in [2.75, 3.05) is 0 Å². The summed E-state index contributed by atoms with van der Waals surface area (Å²) in [5.74, 6) is 0.285. The smallest absolute Gasteiger partial charge is 0.409 e. The first-order valence-electron chi connectivity index (χ1n) is 8.24. The van der Waals surface area contributed by atoms with Gasteiger partial charge in [-0.3, -0.25) is 4.99 Å². The molecule has 3 rings (SSSR count). The first-order chi connectivity index (χ1) is 11.9. The minimum absolute atomic E-state index is 0.0853. The fourth-order valence-corrected chi connectivity index (χ4v) is 3.43. The molecule has 1 aromatic carbocycles. The molecule has 3 unspecified atom stereocenters. The molecule has 9 heteroatoms. The second kappa shape index (κ2) is 6.87. The number of nitro groups is 1. The topological polar surface area (TPSA) is 98.5 Å². The molecule has 1 heterocycles. The first kappa shape index (κ1) is 17.5. The van der Waals surface area contributed by atoms with Crippen LogP contribution >= 0.6 is 11.6 Å². The molecule has 1 saturated carbocycles. The molecule has 0 saturated heterocycles. The summed E-state index contributed by atoms with van der Waals surface area (Å²) in [4.78, 5) is 16.9. The molecular weight excluding hydrogens is 346 g/mol. The maximum atomic E-state index is 11.4. The molecule has 0 radical (unpaired) electrons. The lowest BCUT2D eigenvalue weighted by Gasteiger charge is -2.31. The van der Waals surface area contributed by atoms with Gasteiger partial charge in [0.25, 0.3) is 5.49 Å². The SMILES string of the molecule is CC1CCCC(N=c2c([N+](=O)[O-])nn(-c3cccc(Cl)c3)n2O)C1C. The maximum Gasteiger partial charge on any atom is 0.438 e. The minimum Gasteiger partial charge on any atom is -0.409 e. The van der Waals surface area contributed by atoms with Crippen LogP contribution in [-0.2, 0) is 0 Å². The van der Waals surface area contributed by atoms with Gasteiger partial charge in [-0.1, -0.05) is 49.2 Å². The van der Waals surface area contributed by atoms with E-state index in [1.54, 1.807) is 24.3 Å². The molecule has 1 aliphatic carbocycles. The average Bonchev–Trinajstić information content (AvgIpc) is 2.89. The van der Waals surface area contributed by atoms with E-state index in [2.05, 4.69) is 23.9 Å². The zero-order valence-electron chi connectivity index (χ0n) is 14.0. The van der Waals surface area contributed by atoms with Gasteiger partial charge >= 0.3 is 5.82 Å². The largest absolute Gasteiger partial charge is 0.438 e. The molecule has 1 N–H and O–H groups in total. The van der Waals surface area contributed by atoms with Crippen LogP contribution in [0.2, 0.25) is 5.02 Å². The van der Waals surface area contributed by atoms with E-state index in [0.717, 1.165) is 24.1 Å². The molecule has 25 heavy (non-hydrogen) atoms. The van der Waals surface area contributed by atoms with Gasteiger partial charge in [-0.15, -0.1) is 0 Å². The molecule has 8 nitrogen and oxygen atoms in total. The summed E-state index contributed by atoms with van der Waals surface area (Å²) >= 11 is 5.96. The molecule has 1 fully saturated rings. The van der Waals surface area contributed by atoms with E-state index in [1.807, 2.05) is 0 Å². The second-order valence-corrected chi connectivity index (χ2v) is 6.96. The Labute approximate surface area is 149 Å². The highest BCUT2D eigenvalue weighted by atomic mass is 35.5. The van der Waals surface area contributed by atoms with Gasteiger partial charge in [0.2, 0.25) is 0 Å². The summed E-state index contributed by atoms with van der Waals surface area (Å²) < 4.78 is 0. The van der Waals surface area contributed by atoms with Crippen LogP contribution < -0.4 is 5.49 Å². The normalized spacial score (nSPS) is 24.4. The van der Waals surface area contributed by atoms with E-state index in [4.69, 9.17) is 11.6 Å². The van der Waals surface area contributed by atoms with E-state index in [0.29, 0.717) is 21.5 Å². The molecule has 1 aromatic heterocycles. The van der Waals surface area contributed by atoms with Gasteiger partial charge in [0, 0.05) is 5.02 Å². The Balaban J connectivity index is 2.13. The van der Waals surface area contributed by atoms with Crippen molar-refractivity contribution in [1.29, 1.82) is 0 Å². The standard InChI is InChI=1S/C16H20ClN5O3/c1-10-5-3-8-14(11(10)2)18-15-16(22(24)25)19-20(21(15)23)13-7-4-6-12(17)9-13/h4,6-7,9-11,14,23H,3,5,8H2,1-2H3. The van der Waals surface area contributed by atoms with Crippen molar-refractivity contribution >= 4 is 17.4 Å². The van der Waals surface area contributed by atoms with E-state index in [9.17, 15) is 15.3 Å². The Morgan fingerprint density at radius 2 is 2.16 bits per heavy atom. The number of aromatic nitrogens is 3. The first-order valence-corrected chi connectivity index (χ1v) is 8.62. The number of hydrogen-bond donors (Lipinski definition) is 1. The van der Waals surface area contributed by atoms with Crippen molar-refractivity contribution < 1.29 is 10.1 Å². The zero-order valence-corrected chi connectivity index (χ0v) is 14.8. The summed E-state index contributed by atoms with van der Waals surface area (Å²) in [6, 6.07) is 6.45. The number of rotatable bonds is 3. The molecule has 0 aliphatic heterocycles. The monoisotopic (exact) mass is 365 g/mol. The quantitative estimate of drug-likeness (QED) is 0.513. The molecule has 1 aliphatic rings. The number of halogens is 1. The van der Waals surface area contributed by atoms with Crippen molar-refractivity contribution in [2.45, 2.75) is 39.2 Å². The Hall–Kier alpha value is -2.35. The fraction of sp³-hybridized carbons (Fsp3) is 0.500. The van der Waals surface area contributed by atoms with E-state index < -0.39 is 10.7 Å². The molecule has 134 valence electrons. The third-order valence-corrected chi connectivity index (χ3v) is 5.16. The van der Waals surface area contributed by atoms with E-state index in [-0.39, 0.29) is 17.4 Å². The van der Waals surface area contributed by atoms with Crippen LogP contribution in [0.5, 0.6) is 0 Å². The van der Waals surface area contributed by atoms with Crippen molar-refractivity contribution in [3.63, 3.8) is 0 Å². The van der Waals surface area contributed by atoms with Gasteiger partial charge in [-0.2, -0.15) is 0 Å². The maximum absolute atomic E-state index is 11.4. The van der Waals surface area contributed by atoms with Crippen LogP contribution in [0.3, 0.4) is 0 Å². The third kappa shape index (κ3) is 3.39. The summed E-state index contributed by atoms with van der Waals surface area (Å²) in [5.41, 5.74) is 0.264. The highest BCUT2D eigenvalue weighted by molar-refractivity contribution is 6.30. The molecule has 0 bridgehead atoms. The lowest BCUT2D eigenvalue weighted by molar-refractivity contribution is -0.391. The third-order valence-electron chi connectivity index (χ3n) is 4.92. The average molecular weight is 366 g/mol. The van der Waals surface area contributed by atoms with E-state index >= 15 is 0 Å². The van der Waals surface area contributed by atoms with Gasteiger partial charge < -0.3 is 15.3 Å². The predicted molar refractivity (Wildman–Crippen MR) is 91.9 cm³/mol. The van der Waals surface area contributed by atoms with Gasteiger partial charge in [-0.25, -0.2) is 0 Å². The molecular formula is C16H20ClN5O3. The summed E-state index contributed by atoms with van der Waals surface area (Å²) in [6.07, 6.45) is 2.97. The Morgan fingerprint density at radius 1 is 1.40 bits per heavy atom. The van der Waals surface area contributed by atoms with Crippen LogP contribution in [-0.4, -0.2) is 30.9 Å². The molecule has 2 aromatic rings. The lowest BCUT2D eigenvalue weighted by atomic mass is 9.78. The Bertz CT molecular complexity index is 860. The number of benzene rings is 1. The predicted octanol–water partition coefficient (Wildman–Crippen LogP) is 3.20. The van der Waals surface area contributed by atoms with Gasteiger partial charge in [0.15, 0.2) is 0 Å². The van der Waals surface area contributed by atoms with E-state index in [1.165, 1.54) is 0 Å². The molecule has 3 atom stereocenters. The zero-order chi connectivity index (χ0) is 18.1.